The summed E-state index contributed by atoms with van der Waals surface area (Å²) in [6.45, 7) is 7.22. The Morgan fingerprint density at radius 1 is 1.13 bits per heavy atom. The molecule has 0 unspecified atom stereocenters. The molecule has 2 heterocycles. The molecule has 1 aromatic carbocycles. The van der Waals surface area contributed by atoms with Gasteiger partial charge in [-0.15, -0.1) is 0 Å². The molecule has 6 heteroatoms. The molecule has 0 fully saturated rings. The zero-order valence-corrected chi connectivity index (χ0v) is 18.0. The maximum Gasteiger partial charge on any atom is 0.337 e. The number of unbranched alkanes of at least 4 members (excludes halogenated alkanes) is 2. The second kappa shape index (κ2) is 10.1. The lowest BCUT2D eigenvalue weighted by atomic mass is 10.0. The smallest absolute Gasteiger partial charge is 0.337 e. The minimum absolute atomic E-state index is 0.207. The maximum absolute atomic E-state index is 11.5. The van der Waals surface area contributed by atoms with Crippen molar-refractivity contribution in [2.24, 2.45) is 5.92 Å². The number of rotatable bonds is 10. The SMILES string of the molecule is CCCCCc1nc(CC(C)C)nn1Cc1ccc(-c2ncccc2C(=O)O)cc1. The van der Waals surface area contributed by atoms with Crippen LogP contribution < -0.4 is 0 Å². The first kappa shape index (κ1) is 21.7. The summed E-state index contributed by atoms with van der Waals surface area (Å²) in [5.74, 6) is 1.50. The predicted molar refractivity (Wildman–Crippen MR) is 118 cm³/mol. The van der Waals surface area contributed by atoms with Gasteiger partial charge < -0.3 is 5.11 Å². The molecule has 30 heavy (non-hydrogen) atoms. The van der Waals surface area contributed by atoms with E-state index in [9.17, 15) is 9.90 Å². The van der Waals surface area contributed by atoms with Gasteiger partial charge in [0.2, 0.25) is 0 Å². The van der Waals surface area contributed by atoms with E-state index in [1.807, 2.05) is 28.9 Å². The molecule has 0 saturated carbocycles. The van der Waals surface area contributed by atoms with Crippen LogP contribution in [0.1, 0.15) is 67.6 Å². The summed E-state index contributed by atoms with van der Waals surface area (Å²) >= 11 is 0. The summed E-state index contributed by atoms with van der Waals surface area (Å²) in [5.41, 5.74) is 2.58. The van der Waals surface area contributed by atoms with Gasteiger partial charge >= 0.3 is 5.97 Å². The molecule has 0 spiro atoms. The summed E-state index contributed by atoms with van der Waals surface area (Å²) in [6.07, 6.45) is 6.92. The van der Waals surface area contributed by atoms with Crippen molar-refractivity contribution in [3.05, 3.63) is 65.4 Å². The molecule has 0 amide bonds. The molecule has 3 aromatic rings. The van der Waals surface area contributed by atoms with Gasteiger partial charge in [0.25, 0.3) is 0 Å². The second-order valence-electron chi connectivity index (χ2n) is 8.06. The van der Waals surface area contributed by atoms with Gasteiger partial charge in [0.15, 0.2) is 5.82 Å². The van der Waals surface area contributed by atoms with Crippen LogP contribution in [-0.2, 0) is 19.4 Å². The Kier molecular flexibility index (Phi) is 7.33. The van der Waals surface area contributed by atoms with E-state index >= 15 is 0 Å². The fourth-order valence-corrected chi connectivity index (χ4v) is 3.47. The lowest BCUT2D eigenvalue weighted by Crippen LogP contribution is -2.07. The highest BCUT2D eigenvalue weighted by molar-refractivity contribution is 5.94. The quantitative estimate of drug-likeness (QED) is 0.478. The molecule has 0 aliphatic heterocycles. The molecule has 0 bridgehead atoms. The predicted octanol–water partition coefficient (Wildman–Crippen LogP) is 5.02. The number of hydrogen-bond donors (Lipinski definition) is 1. The number of benzene rings is 1. The monoisotopic (exact) mass is 406 g/mol. The molecule has 1 N–H and O–H groups in total. The van der Waals surface area contributed by atoms with Crippen molar-refractivity contribution in [2.75, 3.05) is 0 Å². The van der Waals surface area contributed by atoms with Crippen molar-refractivity contribution in [1.82, 2.24) is 19.7 Å². The topological polar surface area (TPSA) is 80.9 Å². The molecule has 0 atom stereocenters. The molecule has 158 valence electrons. The van der Waals surface area contributed by atoms with E-state index in [0.717, 1.165) is 42.0 Å². The Balaban J connectivity index is 1.81. The first-order chi connectivity index (χ1) is 14.5. The minimum atomic E-state index is -0.973. The minimum Gasteiger partial charge on any atom is -0.478 e. The fraction of sp³-hybridized carbons (Fsp3) is 0.417. The van der Waals surface area contributed by atoms with Gasteiger partial charge in [-0.05, 0) is 30.0 Å². The van der Waals surface area contributed by atoms with Crippen LogP contribution >= 0.6 is 0 Å². The fourth-order valence-electron chi connectivity index (χ4n) is 3.47. The average Bonchev–Trinajstić information content (AvgIpc) is 3.09. The number of nitrogens with zero attached hydrogens (tertiary/aromatic N) is 4. The molecule has 0 saturated heterocycles. The van der Waals surface area contributed by atoms with E-state index in [0.29, 0.717) is 18.2 Å². The van der Waals surface area contributed by atoms with Crippen molar-refractivity contribution >= 4 is 5.97 Å². The Labute approximate surface area is 178 Å². The first-order valence-corrected chi connectivity index (χ1v) is 10.7. The first-order valence-electron chi connectivity index (χ1n) is 10.7. The number of carboxylic acids is 1. The van der Waals surface area contributed by atoms with Crippen LogP contribution in [0.4, 0.5) is 0 Å². The zero-order valence-electron chi connectivity index (χ0n) is 18.0. The van der Waals surface area contributed by atoms with Gasteiger partial charge in [-0.25, -0.2) is 14.5 Å². The van der Waals surface area contributed by atoms with Crippen LogP contribution in [0.25, 0.3) is 11.3 Å². The van der Waals surface area contributed by atoms with Crippen LogP contribution in [0.5, 0.6) is 0 Å². The van der Waals surface area contributed by atoms with Gasteiger partial charge in [0.05, 0.1) is 17.8 Å². The van der Waals surface area contributed by atoms with Crippen LogP contribution in [-0.4, -0.2) is 30.8 Å². The summed E-state index contributed by atoms with van der Waals surface area (Å²) in [7, 11) is 0. The van der Waals surface area contributed by atoms with Gasteiger partial charge in [-0.2, -0.15) is 5.10 Å². The normalized spacial score (nSPS) is 11.2. The van der Waals surface area contributed by atoms with Crippen LogP contribution in [0.2, 0.25) is 0 Å². The van der Waals surface area contributed by atoms with Crippen LogP contribution in [0.15, 0.2) is 42.6 Å². The summed E-state index contributed by atoms with van der Waals surface area (Å²) in [4.78, 5) is 20.5. The maximum atomic E-state index is 11.5. The second-order valence-corrected chi connectivity index (χ2v) is 8.06. The third kappa shape index (κ3) is 5.53. The highest BCUT2D eigenvalue weighted by Gasteiger charge is 2.14. The van der Waals surface area contributed by atoms with Gasteiger partial charge in [-0.3, -0.25) is 4.98 Å². The number of carbonyl (C=O) groups is 1. The third-order valence-electron chi connectivity index (χ3n) is 4.98. The Bertz CT molecular complexity index is 977. The van der Waals surface area contributed by atoms with Crippen molar-refractivity contribution in [1.29, 1.82) is 0 Å². The molecule has 6 nitrogen and oxygen atoms in total. The highest BCUT2D eigenvalue weighted by atomic mass is 16.4. The lowest BCUT2D eigenvalue weighted by molar-refractivity contribution is 0.0697. The number of hydrogen-bond acceptors (Lipinski definition) is 4. The van der Waals surface area contributed by atoms with Crippen molar-refractivity contribution in [3.8, 4) is 11.3 Å². The number of carboxylic acid groups (broad SMARTS) is 1. The molecule has 2 aromatic heterocycles. The summed E-state index contributed by atoms with van der Waals surface area (Å²) in [6, 6.07) is 11.1. The van der Waals surface area contributed by atoms with E-state index in [-0.39, 0.29) is 5.56 Å². The third-order valence-corrected chi connectivity index (χ3v) is 4.98. The van der Waals surface area contributed by atoms with Crippen molar-refractivity contribution in [2.45, 2.75) is 59.4 Å². The molecule has 0 radical (unpaired) electrons. The number of pyridine rings is 1. The van der Waals surface area contributed by atoms with Gasteiger partial charge in [0, 0.05) is 24.6 Å². The van der Waals surface area contributed by atoms with E-state index < -0.39 is 5.97 Å². The van der Waals surface area contributed by atoms with Gasteiger partial charge in [0.1, 0.15) is 5.82 Å². The summed E-state index contributed by atoms with van der Waals surface area (Å²) < 4.78 is 2.02. The van der Waals surface area contributed by atoms with Crippen molar-refractivity contribution in [3.63, 3.8) is 0 Å². The van der Waals surface area contributed by atoms with E-state index in [4.69, 9.17) is 10.1 Å². The largest absolute Gasteiger partial charge is 0.478 e. The molecule has 0 aliphatic rings. The Morgan fingerprint density at radius 3 is 2.57 bits per heavy atom. The van der Waals surface area contributed by atoms with Crippen LogP contribution in [0, 0.1) is 5.92 Å². The lowest BCUT2D eigenvalue weighted by Gasteiger charge is -2.08. The summed E-state index contributed by atoms with van der Waals surface area (Å²) in [5, 5.41) is 14.2. The zero-order chi connectivity index (χ0) is 21.5. The van der Waals surface area contributed by atoms with Gasteiger partial charge in [-0.1, -0.05) is 57.9 Å². The average molecular weight is 407 g/mol. The number of aromatic nitrogens is 4. The Morgan fingerprint density at radius 2 is 1.90 bits per heavy atom. The molecule has 0 aliphatic carbocycles. The van der Waals surface area contributed by atoms with Crippen LogP contribution in [0.3, 0.4) is 0 Å². The Hall–Kier alpha value is -3.02. The molecular weight excluding hydrogens is 376 g/mol. The highest BCUT2D eigenvalue weighted by Crippen LogP contribution is 2.22. The van der Waals surface area contributed by atoms with Crippen molar-refractivity contribution < 1.29 is 9.90 Å². The van der Waals surface area contributed by atoms with E-state index in [1.54, 1.807) is 18.3 Å². The molecular formula is C24H30N4O2. The van der Waals surface area contributed by atoms with E-state index in [2.05, 4.69) is 25.8 Å². The van der Waals surface area contributed by atoms with E-state index in [1.165, 1.54) is 12.8 Å². The number of aromatic carboxylic acids is 1. The standard InChI is InChI=1S/C24H30N4O2/c1-4-5-6-9-22-26-21(15-17(2)3)27-28(22)16-18-10-12-19(13-11-18)23-20(24(29)30)8-7-14-25-23/h7-8,10-14,17H,4-6,9,15-16H2,1-3H3,(H,29,30). The molecule has 3 rings (SSSR count). The number of aryl methyl sites for hydroxylation is 1.